The number of carbonyl (C=O) groups is 2. The van der Waals surface area contributed by atoms with E-state index in [1.807, 2.05) is 0 Å². The van der Waals surface area contributed by atoms with E-state index in [4.69, 9.17) is 9.47 Å². The molecule has 0 amide bonds. The zero-order valence-electron chi connectivity index (χ0n) is 7.20. The highest BCUT2D eigenvalue weighted by molar-refractivity contribution is 6.48. The van der Waals surface area contributed by atoms with Crippen molar-refractivity contribution in [2.75, 3.05) is 13.2 Å². The largest absolute Gasteiger partial charge is 0.367 e. The zero-order valence-corrected chi connectivity index (χ0v) is 7.20. The molecular weight excluding hydrogens is 160 g/mol. The van der Waals surface area contributed by atoms with Crippen molar-refractivity contribution in [2.45, 2.75) is 26.1 Å². The molecule has 0 heterocycles. The standard InChI is InChI=1S/C8H12O4/c1-3-11-7-5(9)6(10)8(7)12-4-2/h7-8H,3-4H2,1-2H3. The molecule has 0 spiro atoms. The van der Waals surface area contributed by atoms with Gasteiger partial charge < -0.3 is 9.47 Å². The Labute approximate surface area is 70.8 Å². The van der Waals surface area contributed by atoms with Crippen molar-refractivity contribution in [1.82, 2.24) is 0 Å². The molecule has 0 aromatic carbocycles. The van der Waals surface area contributed by atoms with Crippen LogP contribution in [0.2, 0.25) is 0 Å². The monoisotopic (exact) mass is 172 g/mol. The number of ether oxygens (including phenoxy) is 2. The lowest BCUT2D eigenvalue weighted by Gasteiger charge is -2.31. The van der Waals surface area contributed by atoms with Crippen LogP contribution in [0.15, 0.2) is 0 Å². The summed E-state index contributed by atoms with van der Waals surface area (Å²) in [5.41, 5.74) is 0. The van der Waals surface area contributed by atoms with Crippen molar-refractivity contribution in [3.05, 3.63) is 0 Å². The normalized spacial score (nSPS) is 28.8. The van der Waals surface area contributed by atoms with Gasteiger partial charge in [0.05, 0.1) is 0 Å². The van der Waals surface area contributed by atoms with Crippen LogP contribution in [0.4, 0.5) is 0 Å². The summed E-state index contributed by atoms with van der Waals surface area (Å²) in [5, 5.41) is 0. The molecule has 0 bridgehead atoms. The highest BCUT2D eigenvalue weighted by Gasteiger charge is 2.50. The maximum Gasteiger partial charge on any atom is 0.233 e. The molecule has 4 nitrogen and oxygen atoms in total. The van der Waals surface area contributed by atoms with Crippen molar-refractivity contribution in [3.63, 3.8) is 0 Å². The summed E-state index contributed by atoms with van der Waals surface area (Å²) in [7, 11) is 0. The van der Waals surface area contributed by atoms with Gasteiger partial charge in [-0.2, -0.15) is 0 Å². The zero-order chi connectivity index (χ0) is 9.14. The van der Waals surface area contributed by atoms with Gasteiger partial charge >= 0.3 is 0 Å². The first-order valence-electron chi connectivity index (χ1n) is 4.03. The third kappa shape index (κ3) is 1.40. The molecule has 1 rings (SSSR count). The Bertz CT molecular complexity index is 177. The lowest BCUT2D eigenvalue weighted by Crippen LogP contribution is -2.59. The van der Waals surface area contributed by atoms with E-state index in [0.717, 1.165) is 0 Å². The minimum absolute atomic E-state index is 0.424. The van der Waals surface area contributed by atoms with E-state index in [1.54, 1.807) is 13.8 Å². The molecule has 0 saturated heterocycles. The van der Waals surface area contributed by atoms with E-state index in [2.05, 4.69) is 0 Å². The number of rotatable bonds is 4. The smallest absolute Gasteiger partial charge is 0.233 e. The van der Waals surface area contributed by atoms with Gasteiger partial charge in [-0.25, -0.2) is 0 Å². The van der Waals surface area contributed by atoms with Crippen molar-refractivity contribution < 1.29 is 19.1 Å². The van der Waals surface area contributed by atoms with Crippen LogP contribution in [0, 0.1) is 0 Å². The fourth-order valence-corrected chi connectivity index (χ4v) is 1.14. The first kappa shape index (κ1) is 9.35. The number of ketones is 2. The van der Waals surface area contributed by atoms with Crippen LogP contribution >= 0.6 is 0 Å². The van der Waals surface area contributed by atoms with Crippen molar-refractivity contribution >= 4 is 11.6 Å². The van der Waals surface area contributed by atoms with E-state index in [-0.39, 0.29) is 0 Å². The lowest BCUT2D eigenvalue weighted by molar-refractivity contribution is -0.175. The number of carbonyl (C=O) groups excluding carboxylic acids is 2. The topological polar surface area (TPSA) is 52.6 Å². The second-order valence-corrected chi connectivity index (χ2v) is 2.48. The second-order valence-electron chi connectivity index (χ2n) is 2.48. The maximum absolute atomic E-state index is 10.9. The molecular formula is C8H12O4. The van der Waals surface area contributed by atoms with Gasteiger partial charge in [-0.15, -0.1) is 0 Å². The Morgan fingerprint density at radius 1 is 1.00 bits per heavy atom. The molecule has 0 aliphatic heterocycles. The van der Waals surface area contributed by atoms with Crippen LogP contribution in [0.3, 0.4) is 0 Å². The Hall–Kier alpha value is -0.740. The van der Waals surface area contributed by atoms with Crippen LogP contribution in [-0.4, -0.2) is 37.0 Å². The Morgan fingerprint density at radius 3 is 1.58 bits per heavy atom. The average molecular weight is 172 g/mol. The number of Topliss-reactive ketones (excluding diaryl/α,β-unsaturated/α-hetero) is 2. The molecule has 2 atom stereocenters. The van der Waals surface area contributed by atoms with Gasteiger partial charge in [0, 0.05) is 13.2 Å². The number of hydrogen-bond donors (Lipinski definition) is 0. The third-order valence-electron chi connectivity index (χ3n) is 1.73. The van der Waals surface area contributed by atoms with Crippen LogP contribution < -0.4 is 0 Å². The van der Waals surface area contributed by atoms with Gasteiger partial charge in [0.1, 0.15) is 0 Å². The summed E-state index contributed by atoms with van der Waals surface area (Å²) >= 11 is 0. The van der Waals surface area contributed by atoms with Gasteiger partial charge in [-0.1, -0.05) is 0 Å². The van der Waals surface area contributed by atoms with Crippen molar-refractivity contribution in [1.29, 1.82) is 0 Å². The van der Waals surface area contributed by atoms with Crippen LogP contribution in [-0.2, 0) is 19.1 Å². The molecule has 12 heavy (non-hydrogen) atoms. The number of hydrogen-bond acceptors (Lipinski definition) is 4. The molecule has 0 radical (unpaired) electrons. The molecule has 68 valence electrons. The van der Waals surface area contributed by atoms with Gasteiger partial charge in [0.2, 0.25) is 11.6 Å². The molecule has 0 N–H and O–H groups in total. The van der Waals surface area contributed by atoms with E-state index in [0.29, 0.717) is 13.2 Å². The summed E-state index contributed by atoms with van der Waals surface area (Å²) in [6.07, 6.45) is -1.30. The van der Waals surface area contributed by atoms with E-state index in [9.17, 15) is 9.59 Å². The molecule has 0 aromatic heterocycles. The Morgan fingerprint density at radius 2 is 1.33 bits per heavy atom. The van der Waals surface area contributed by atoms with Crippen LogP contribution in [0.25, 0.3) is 0 Å². The molecule has 0 aromatic rings. The fourth-order valence-electron chi connectivity index (χ4n) is 1.14. The average Bonchev–Trinajstić information content (AvgIpc) is 2.10. The predicted octanol–water partition coefficient (Wildman–Crippen LogP) is -0.0516. The summed E-state index contributed by atoms with van der Waals surface area (Å²) in [5.74, 6) is -0.925. The lowest BCUT2D eigenvalue weighted by atomic mass is 9.88. The third-order valence-corrected chi connectivity index (χ3v) is 1.73. The highest BCUT2D eigenvalue weighted by Crippen LogP contribution is 2.19. The van der Waals surface area contributed by atoms with Crippen LogP contribution in [0.1, 0.15) is 13.8 Å². The first-order chi connectivity index (χ1) is 5.72. The van der Waals surface area contributed by atoms with Crippen molar-refractivity contribution in [3.8, 4) is 0 Å². The molecule has 2 unspecified atom stereocenters. The minimum Gasteiger partial charge on any atom is -0.367 e. The summed E-state index contributed by atoms with van der Waals surface area (Å²) in [6.45, 7) is 4.40. The molecule has 1 saturated carbocycles. The van der Waals surface area contributed by atoms with Crippen LogP contribution in [0.5, 0.6) is 0 Å². The first-order valence-corrected chi connectivity index (χ1v) is 4.03. The molecule has 1 aliphatic carbocycles. The summed E-state index contributed by atoms with van der Waals surface area (Å²) in [6, 6.07) is 0. The predicted molar refractivity (Wildman–Crippen MR) is 40.8 cm³/mol. The summed E-state index contributed by atoms with van der Waals surface area (Å²) in [4.78, 5) is 21.8. The van der Waals surface area contributed by atoms with Crippen molar-refractivity contribution in [2.24, 2.45) is 0 Å². The van der Waals surface area contributed by atoms with Gasteiger partial charge in [0.15, 0.2) is 12.2 Å². The highest BCUT2D eigenvalue weighted by atomic mass is 16.6. The molecule has 1 fully saturated rings. The minimum atomic E-state index is -0.651. The SMILES string of the molecule is CCOC1C(=O)C(=O)C1OCC. The second kappa shape index (κ2) is 3.78. The van der Waals surface area contributed by atoms with Gasteiger partial charge in [-0.3, -0.25) is 9.59 Å². The van der Waals surface area contributed by atoms with E-state index >= 15 is 0 Å². The Balaban J connectivity index is 2.49. The van der Waals surface area contributed by atoms with E-state index in [1.165, 1.54) is 0 Å². The van der Waals surface area contributed by atoms with Gasteiger partial charge in [0.25, 0.3) is 0 Å². The Kier molecular flexibility index (Phi) is 2.94. The maximum atomic E-state index is 10.9. The van der Waals surface area contributed by atoms with Gasteiger partial charge in [-0.05, 0) is 13.8 Å². The quantitative estimate of drug-likeness (QED) is 0.558. The fraction of sp³-hybridized carbons (Fsp3) is 0.750. The molecule has 4 heteroatoms. The van der Waals surface area contributed by atoms with E-state index < -0.39 is 23.8 Å². The summed E-state index contributed by atoms with van der Waals surface area (Å²) < 4.78 is 10.1. The molecule has 1 aliphatic rings.